The van der Waals surface area contributed by atoms with Gasteiger partial charge in [0.25, 0.3) is 0 Å². The van der Waals surface area contributed by atoms with Crippen molar-refractivity contribution in [1.29, 1.82) is 0 Å². The fourth-order valence-electron chi connectivity index (χ4n) is 4.21. The lowest BCUT2D eigenvalue weighted by atomic mass is 10.1. The molecule has 0 bridgehead atoms. The van der Waals surface area contributed by atoms with Crippen molar-refractivity contribution in [3.63, 3.8) is 0 Å². The Morgan fingerprint density at radius 1 is 1.04 bits per heavy atom. The molecule has 0 saturated carbocycles. The summed E-state index contributed by atoms with van der Waals surface area (Å²) in [6.45, 7) is 10.5. The van der Waals surface area contributed by atoms with Crippen LogP contribution in [0.2, 0.25) is 0 Å². The molecule has 3 heterocycles. The van der Waals surface area contributed by atoms with Gasteiger partial charge in [-0.1, -0.05) is 25.1 Å². The Morgan fingerprint density at radius 3 is 2.64 bits per heavy atom. The summed E-state index contributed by atoms with van der Waals surface area (Å²) in [4.78, 5) is 17.0. The second-order valence-electron chi connectivity index (χ2n) is 7.74. The van der Waals surface area contributed by atoms with Gasteiger partial charge in [-0.05, 0) is 19.0 Å². The normalized spacial score (nSPS) is 18.1. The van der Waals surface area contributed by atoms with Crippen LogP contribution in [0.15, 0.2) is 30.5 Å². The highest BCUT2D eigenvalue weighted by atomic mass is 16.5. The van der Waals surface area contributed by atoms with Gasteiger partial charge in [0.1, 0.15) is 5.75 Å². The van der Waals surface area contributed by atoms with E-state index in [-0.39, 0.29) is 0 Å². The molecule has 0 spiro atoms. The minimum Gasteiger partial charge on any atom is -0.496 e. The van der Waals surface area contributed by atoms with Crippen molar-refractivity contribution in [3.05, 3.63) is 47.3 Å². The van der Waals surface area contributed by atoms with E-state index in [4.69, 9.17) is 14.7 Å². The molecule has 1 saturated heterocycles. The summed E-state index contributed by atoms with van der Waals surface area (Å²) in [6.07, 6.45) is 4.25. The molecule has 0 N–H and O–H groups in total. The van der Waals surface area contributed by atoms with E-state index in [9.17, 15) is 0 Å². The topological polar surface area (TPSA) is 44.7 Å². The zero-order chi connectivity index (χ0) is 19.3. The SMILES string of the molecule is CCCN1CCN(c2ncc3c(n2)CCN(Cc2ccccc2OC)C3)CC1. The van der Waals surface area contributed by atoms with E-state index in [1.807, 2.05) is 18.3 Å². The fourth-order valence-corrected chi connectivity index (χ4v) is 4.21. The van der Waals surface area contributed by atoms with Crippen LogP contribution in [0.25, 0.3) is 0 Å². The fraction of sp³-hybridized carbons (Fsp3) is 0.545. The smallest absolute Gasteiger partial charge is 0.225 e. The molecule has 0 atom stereocenters. The number of aromatic nitrogens is 2. The maximum Gasteiger partial charge on any atom is 0.225 e. The number of anilines is 1. The molecule has 2 aromatic rings. The molecule has 28 heavy (non-hydrogen) atoms. The lowest BCUT2D eigenvalue weighted by molar-refractivity contribution is 0.238. The molecule has 1 aromatic heterocycles. The minimum atomic E-state index is 0.893. The molecule has 2 aliphatic rings. The van der Waals surface area contributed by atoms with Crippen LogP contribution in [-0.2, 0) is 19.5 Å². The van der Waals surface area contributed by atoms with Crippen molar-refractivity contribution in [2.24, 2.45) is 0 Å². The third-order valence-corrected chi connectivity index (χ3v) is 5.78. The Hall–Kier alpha value is -2.18. The van der Waals surface area contributed by atoms with Crippen LogP contribution < -0.4 is 9.64 Å². The van der Waals surface area contributed by atoms with E-state index in [1.54, 1.807) is 7.11 Å². The van der Waals surface area contributed by atoms with Crippen LogP contribution in [0.1, 0.15) is 30.2 Å². The zero-order valence-corrected chi connectivity index (χ0v) is 17.1. The molecule has 4 rings (SSSR count). The Kier molecular flexibility index (Phi) is 6.07. The Balaban J connectivity index is 1.39. The van der Waals surface area contributed by atoms with Crippen molar-refractivity contribution in [2.45, 2.75) is 32.9 Å². The van der Waals surface area contributed by atoms with Gasteiger partial charge in [-0.3, -0.25) is 9.80 Å². The highest BCUT2D eigenvalue weighted by Gasteiger charge is 2.23. The quantitative estimate of drug-likeness (QED) is 0.766. The average molecular weight is 382 g/mol. The maximum atomic E-state index is 5.50. The molecule has 0 radical (unpaired) electrons. The molecule has 0 unspecified atom stereocenters. The summed E-state index contributed by atoms with van der Waals surface area (Å²) in [5, 5.41) is 0. The number of methoxy groups -OCH3 is 1. The molecular formula is C22H31N5O. The van der Waals surface area contributed by atoms with Gasteiger partial charge >= 0.3 is 0 Å². The number of hydrogen-bond donors (Lipinski definition) is 0. The van der Waals surface area contributed by atoms with Crippen molar-refractivity contribution in [1.82, 2.24) is 19.8 Å². The van der Waals surface area contributed by atoms with Crippen LogP contribution in [0, 0.1) is 0 Å². The minimum absolute atomic E-state index is 0.893. The van der Waals surface area contributed by atoms with Crippen molar-refractivity contribution in [2.75, 3.05) is 51.3 Å². The molecular weight excluding hydrogens is 350 g/mol. The summed E-state index contributed by atoms with van der Waals surface area (Å²) in [5.74, 6) is 1.87. The van der Waals surface area contributed by atoms with Crippen LogP contribution in [0.5, 0.6) is 5.75 Å². The number of hydrogen-bond acceptors (Lipinski definition) is 6. The largest absolute Gasteiger partial charge is 0.496 e. The van der Waals surface area contributed by atoms with Gasteiger partial charge in [0.05, 0.1) is 12.8 Å². The first-order valence-corrected chi connectivity index (χ1v) is 10.4. The van der Waals surface area contributed by atoms with Gasteiger partial charge in [0.2, 0.25) is 5.95 Å². The first-order chi connectivity index (χ1) is 13.8. The number of rotatable bonds is 6. The predicted octanol–water partition coefficient (Wildman–Crippen LogP) is 2.58. The molecule has 0 aliphatic carbocycles. The lowest BCUT2D eigenvalue weighted by Crippen LogP contribution is -2.47. The third kappa shape index (κ3) is 4.28. The van der Waals surface area contributed by atoms with Crippen LogP contribution in [0.4, 0.5) is 5.95 Å². The van der Waals surface area contributed by atoms with Gasteiger partial charge in [-0.25, -0.2) is 9.97 Å². The van der Waals surface area contributed by atoms with E-state index in [0.717, 1.165) is 63.9 Å². The highest BCUT2D eigenvalue weighted by Crippen LogP contribution is 2.24. The highest BCUT2D eigenvalue weighted by molar-refractivity contribution is 5.36. The van der Waals surface area contributed by atoms with E-state index in [1.165, 1.54) is 29.8 Å². The molecule has 6 nitrogen and oxygen atoms in total. The average Bonchev–Trinajstić information content (AvgIpc) is 2.74. The number of ether oxygens (including phenoxy) is 1. The number of para-hydroxylation sites is 1. The molecule has 6 heteroatoms. The third-order valence-electron chi connectivity index (χ3n) is 5.78. The van der Waals surface area contributed by atoms with Gasteiger partial charge < -0.3 is 9.64 Å². The van der Waals surface area contributed by atoms with Crippen molar-refractivity contribution >= 4 is 5.95 Å². The second-order valence-corrected chi connectivity index (χ2v) is 7.74. The molecule has 150 valence electrons. The summed E-state index contributed by atoms with van der Waals surface area (Å²) >= 11 is 0. The summed E-state index contributed by atoms with van der Waals surface area (Å²) < 4.78 is 5.50. The Morgan fingerprint density at radius 2 is 1.86 bits per heavy atom. The Bertz CT molecular complexity index is 788. The molecule has 1 fully saturated rings. The number of nitrogens with zero attached hydrogens (tertiary/aromatic N) is 5. The summed E-state index contributed by atoms with van der Waals surface area (Å²) in [7, 11) is 1.74. The maximum absolute atomic E-state index is 5.50. The van der Waals surface area contributed by atoms with Gasteiger partial charge in [-0.2, -0.15) is 0 Å². The van der Waals surface area contributed by atoms with Gasteiger partial charge in [0, 0.05) is 69.6 Å². The molecule has 1 aromatic carbocycles. The van der Waals surface area contributed by atoms with Crippen LogP contribution in [0.3, 0.4) is 0 Å². The van der Waals surface area contributed by atoms with Crippen LogP contribution in [-0.4, -0.2) is 66.1 Å². The second kappa shape index (κ2) is 8.88. The lowest BCUT2D eigenvalue weighted by Gasteiger charge is -2.35. The number of benzene rings is 1. The van der Waals surface area contributed by atoms with Gasteiger partial charge in [0.15, 0.2) is 0 Å². The summed E-state index contributed by atoms with van der Waals surface area (Å²) in [6, 6.07) is 8.27. The molecule has 2 aliphatic heterocycles. The number of piperazine rings is 1. The van der Waals surface area contributed by atoms with Gasteiger partial charge in [-0.15, -0.1) is 0 Å². The Labute approximate surface area is 168 Å². The first-order valence-electron chi connectivity index (χ1n) is 10.4. The van der Waals surface area contributed by atoms with E-state index in [2.05, 4.69) is 33.8 Å². The monoisotopic (exact) mass is 381 g/mol. The summed E-state index contributed by atoms with van der Waals surface area (Å²) in [5.41, 5.74) is 3.71. The standard InChI is InChI=1S/C22H31N5O/c1-3-9-25-11-13-27(14-12-25)22-23-15-19-17-26(10-8-20(19)24-22)16-18-6-4-5-7-21(18)28-2/h4-7,15H,3,8-14,16-17H2,1-2H3. The van der Waals surface area contributed by atoms with E-state index in [0.29, 0.717) is 0 Å². The zero-order valence-electron chi connectivity index (χ0n) is 17.1. The predicted molar refractivity (Wildman–Crippen MR) is 112 cm³/mol. The first kappa shape index (κ1) is 19.2. The molecule has 0 amide bonds. The van der Waals surface area contributed by atoms with Crippen LogP contribution >= 0.6 is 0 Å². The van der Waals surface area contributed by atoms with Crippen molar-refractivity contribution in [3.8, 4) is 5.75 Å². The number of fused-ring (bicyclic) bond motifs is 1. The van der Waals surface area contributed by atoms with Crippen molar-refractivity contribution < 1.29 is 4.74 Å². The van der Waals surface area contributed by atoms with E-state index >= 15 is 0 Å². The van der Waals surface area contributed by atoms with E-state index < -0.39 is 0 Å².